The molecule has 2 heterocycles. The van der Waals surface area contributed by atoms with Gasteiger partial charge in [0.2, 0.25) is 0 Å². The van der Waals surface area contributed by atoms with Gasteiger partial charge in [-0.15, -0.1) is 0 Å². The Morgan fingerprint density at radius 3 is 2.38 bits per heavy atom. The van der Waals surface area contributed by atoms with Gasteiger partial charge in [0.05, 0.1) is 24.3 Å². The van der Waals surface area contributed by atoms with Gasteiger partial charge in [-0.05, 0) is 66.9 Å². The average Bonchev–Trinajstić information content (AvgIpc) is 3.09. The predicted molar refractivity (Wildman–Crippen MR) is 132 cm³/mol. The summed E-state index contributed by atoms with van der Waals surface area (Å²) in [6, 6.07) is 13.7. The summed E-state index contributed by atoms with van der Waals surface area (Å²) in [5.74, 6) is -1.29. The smallest absolute Gasteiger partial charge is 0.300 e. The Kier molecular flexibility index (Phi) is 6.11. The highest BCUT2D eigenvalue weighted by molar-refractivity contribution is 6.51. The molecule has 0 radical (unpaired) electrons. The number of methoxy groups -OCH3 is 1. The number of carbonyl (C=O) groups excluding carboxylic acids is 2. The summed E-state index contributed by atoms with van der Waals surface area (Å²) in [7, 11) is 5.36. The van der Waals surface area contributed by atoms with Crippen molar-refractivity contribution in [3.8, 4) is 5.75 Å². The third-order valence-electron chi connectivity index (χ3n) is 5.97. The van der Waals surface area contributed by atoms with Gasteiger partial charge in [0.15, 0.2) is 0 Å². The van der Waals surface area contributed by atoms with Gasteiger partial charge < -0.3 is 14.7 Å². The molecule has 0 spiro atoms. The van der Waals surface area contributed by atoms with Crippen LogP contribution in [0.3, 0.4) is 0 Å². The van der Waals surface area contributed by atoms with Crippen molar-refractivity contribution >= 4 is 28.8 Å². The molecule has 1 aliphatic rings. The molecule has 1 aliphatic heterocycles. The summed E-state index contributed by atoms with van der Waals surface area (Å²) in [5.41, 5.74) is 4.20. The maximum Gasteiger partial charge on any atom is 0.300 e. The summed E-state index contributed by atoms with van der Waals surface area (Å²) in [5, 5.41) is 11.5. The molecule has 4 rings (SSSR count). The molecule has 1 N–H and O–H groups in total. The first-order valence-electron chi connectivity index (χ1n) is 10.9. The Hall–Kier alpha value is -4.13. The van der Waals surface area contributed by atoms with Crippen LogP contribution in [0.2, 0.25) is 0 Å². The Morgan fingerprint density at radius 1 is 1.09 bits per heavy atom. The van der Waals surface area contributed by atoms with Crippen LogP contribution in [0.25, 0.3) is 5.76 Å². The monoisotopic (exact) mass is 457 g/mol. The summed E-state index contributed by atoms with van der Waals surface area (Å²) in [6.45, 7) is 3.76. The van der Waals surface area contributed by atoms with Gasteiger partial charge in [0, 0.05) is 37.9 Å². The molecule has 3 aromatic rings. The van der Waals surface area contributed by atoms with E-state index in [9.17, 15) is 14.7 Å². The molecule has 1 aromatic heterocycles. The second-order valence-electron chi connectivity index (χ2n) is 8.53. The molecule has 7 nitrogen and oxygen atoms in total. The molecule has 0 bridgehead atoms. The van der Waals surface area contributed by atoms with E-state index in [1.807, 2.05) is 51.0 Å². The predicted octanol–water partition coefficient (Wildman–Crippen LogP) is 4.40. The number of Topliss-reactive ketones (excluding diaryl/α,β-unsaturated/α-hetero) is 1. The lowest BCUT2D eigenvalue weighted by Gasteiger charge is -2.26. The zero-order chi connectivity index (χ0) is 24.6. The van der Waals surface area contributed by atoms with Gasteiger partial charge in [-0.2, -0.15) is 0 Å². The highest BCUT2D eigenvalue weighted by atomic mass is 16.5. The molecule has 1 unspecified atom stereocenters. The van der Waals surface area contributed by atoms with Gasteiger partial charge in [-0.25, -0.2) is 0 Å². The van der Waals surface area contributed by atoms with Crippen LogP contribution in [0.4, 0.5) is 11.4 Å². The number of ether oxygens (including phenoxy) is 1. The van der Waals surface area contributed by atoms with Crippen molar-refractivity contribution in [2.45, 2.75) is 19.9 Å². The molecule has 2 aromatic carbocycles. The minimum Gasteiger partial charge on any atom is -0.507 e. The normalized spacial score (nSPS) is 17.2. The molecule has 1 amide bonds. The van der Waals surface area contributed by atoms with E-state index >= 15 is 0 Å². The molecular weight excluding hydrogens is 430 g/mol. The van der Waals surface area contributed by atoms with Crippen molar-refractivity contribution in [1.82, 2.24) is 4.98 Å². The van der Waals surface area contributed by atoms with Crippen molar-refractivity contribution in [3.63, 3.8) is 0 Å². The molecule has 0 aliphatic carbocycles. The summed E-state index contributed by atoms with van der Waals surface area (Å²) in [6.07, 6.45) is 3.22. The number of aryl methyl sites for hydroxylation is 2. The number of hydrogen-bond acceptors (Lipinski definition) is 6. The minimum absolute atomic E-state index is 0.00186. The lowest BCUT2D eigenvalue weighted by molar-refractivity contribution is -0.132. The molecule has 1 saturated heterocycles. The first-order valence-corrected chi connectivity index (χ1v) is 10.9. The number of aromatic nitrogens is 1. The van der Waals surface area contributed by atoms with Crippen LogP contribution in [-0.4, -0.2) is 43.0 Å². The molecule has 34 heavy (non-hydrogen) atoms. The highest BCUT2D eigenvalue weighted by Gasteiger charge is 2.47. The fourth-order valence-corrected chi connectivity index (χ4v) is 4.41. The zero-order valence-electron chi connectivity index (χ0n) is 19.9. The lowest BCUT2D eigenvalue weighted by Crippen LogP contribution is -2.29. The largest absolute Gasteiger partial charge is 0.507 e. The fourth-order valence-electron chi connectivity index (χ4n) is 4.41. The second-order valence-corrected chi connectivity index (χ2v) is 8.53. The maximum atomic E-state index is 13.4. The van der Waals surface area contributed by atoms with Crippen LogP contribution >= 0.6 is 0 Å². The van der Waals surface area contributed by atoms with Crippen molar-refractivity contribution in [3.05, 3.63) is 88.8 Å². The molecule has 1 atom stereocenters. The Morgan fingerprint density at radius 2 is 1.79 bits per heavy atom. The summed E-state index contributed by atoms with van der Waals surface area (Å²) < 4.78 is 5.54. The van der Waals surface area contributed by atoms with E-state index in [4.69, 9.17) is 4.74 Å². The number of rotatable bonds is 5. The van der Waals surface area contributed by atoms with Crippen molar-refractivity contribution < 1.29 is 19.4 Å². The first kappa shape index (κ1) is 23.0. The van der Waals surface area contributed by atoms with Gasteiger partial charge in [0.1, 0.15) is 11.5 Å². The highest BCUT2D eigenvalue weighted by Crippen LogP contribution is 2.43. The van der Waals surface area contributed by atoms with Crippen LogP contribution in [0.1, 0.15) is 28.3 Å². The van der Waals surface area contributed by atoms with Crippen LogP contribution in [0, 0.1) is 13.8 Å². The fraction of sp³-hybridized carbons (Fsp3) is 0.222. The van der Waals surface area contributed by atoms with E-state index in [1.54, 1.807) is 42.7 Å². The number of carbonyl (C=O) groups is 2. The molecule has 174 valence electrons. The summed E-state index contributed by atoms with van der Waals surface area (Å²) in [4.78, 5) is 34.2. The van der Waals surface area contributed by atoms with E-state index in [1.165, 1.54) is 12.0 Å². The minimum atomic E-state index is -0.843. The van der Waals surface area contributed by atoms with E-state index < -0.39 is 17.7 Å². The lowest BCUT2D eigenvalue weighted by atomic mass is 9.94. The number of pyridine rings is 1. The van der Waals surface area contributed by atoms with Gasteiger partial charge in [-0.3, -0.25) is 19.5 Å². The van der Waals surface area contributed by atoms with E-state index in [2.05, 4.69) is 4.98 Å². The number of anilines is 2. The SMILES string of the molecule is COc1c(C)cc(C)cc1/C(O)=C1\C(=O)C(=O)N(c2ccc(N(C)C)cc2)C1c1cccnc1. The zero-order valence-corrected chi connectivity index (χ0v) is 19.9. The van der Waals surface area contributed by atoms with E-state index in [0.29, 0.717) is 22.6 Å². The van der Waals surface area contributed by atoms with Crippen LogP contribution in [0.5, 0.6) is 5.75 Å². The second kappa shape index (κ2) is 9.02. The number of nitrogens with zero attached hydrogens (tertiary/aromatic N) is 3. The number of hydrogen-bond donors (Lipinski definition) is 1. The number of ketones is 1. The topological polar surface area (TPSA) is 83.0 Å². The number of benzene rings is 2. The Bertz CT molecular complexity index is 1280. The van der Waals surface area contributed by atoms with E-state index in [0.717, 1.165) is 16.8 Å². The van der Waals surface area contributed by atoms with Gasteiger partial charge in [0.25, 0.3) is 11.7 Å². The third kappa shape index (κ3) is 3.90. The van der Waals surface area contributed by atoms with Gasteiger partial charge in [-0.1, -0.05) is 12.1 Å². The van der Waals surface area contributed by atoms with Crippen LogP contribution in [-0.2, 0) is 9.59 Å². The number of amides is 1. The molecule has 7 heteroatoms. The van der Waals surface area contributed by atoms with Crippen LogP contribution in [0.15, 0.2) is 66.5 Å². The average molecular weight is 458 g/mol. The maximum absolute atomic E-state index is 13.4. The first-order chi connectivity index (χ1) is 16.2. The number of aliphatic hydroxyl groups excluding tert-OH is 1. The van der Waals surface area contributed by atoms with Gasteiger partial charge >= 0.3 is 0 Å². The van der Waals surface area contributed by atoms with Crippen molar-refractivity contribution in [2.24, 2.45) is 0 Å². The number of aliphatic hydroxyl groups is 1. The Balaban J connectivity index is 1.96. The molecular formula is C27H27N3O4. The third-order valence-corrected chi connectivity index (χ3v) is 5.97. The van der Waals surface area contributed by atoms with Crippen molar-refractivity contribution in [2.75, 3.05) is 31.0 Å². The summed E-state index contributed by atoms with van der Waals surface area (Å²) >= 11 is 0. The standard InChI is InChI=1S/C27H27N3O4/c1-16-13-17(2)26(34-5)21(14-16)24(31)22-23(18-7-6-12-28-15-18)30(27(33)25(22)32)20-10-8-19(9-11-20)29(3)4/h6-15,23,31H,1-5H3/b24-22+. The van der Waals surface area contributed by atoms with Crippen LogP contribution < -0.4 is 14.5 Å². The molecule has 0 saturated carbocycles. The van der Waals surface area contributed by atoms with E-state index in [-0.39, 0.29) is 11.3 Å². The quantitative estimate of drug-likeness (QED) is 0.347. The molecule has 1 fully saturated rings. The Labute approximate surface area is 198 Å². The van der Waals surface area contributed by atoms with Crippen molar-refractivity contribution in [1.29, 1.82) is 0 Å².